The van der Waals surface area contributed by atoms with Crippen molar-refractivity contribution >= 4 is 5.65 Å². The molecule has 0 aliphatic rings. The fourth-order valence-corrected chi connectivity index (χ4v) is 2.67. The predicted octanol–water partition coefficient (Wildman–Crippen LogP) is 3.23. The standard InChI is InChI=1S/C17H10F2N6O/c18-17(19)24-9-22-15(10-1-3-12(26)4-2-10)16(24)13-5-6-14-21-8-11(7-20)25(14)23-13/h1-6,8-9,17,26H. The molecule has 3 heterocycles. The zero-order chi connectivity index (χ0) is 18.3. The van der Waals surface area contributed by atoms with E-state index in [0.29, 0.717) is 15.8 Å². The van der Waals surface area contributed by atoms with Crippen molar-refractivity contribution < 1.29 is 13.9 Å². The molecule has 9 heteroatoms. The molecule has 0 saturated heterocycles. The lowest BCUT2D eigenvalue weighted by atomic mass is 10.1. The molecule has 3 aromatic heterocycles. The maximum absolute atomic E-state index is 13.5. The fraction of sp³-hybridized carbons (Fsp3) is 0.0588. The topological polar surface area (TPSA) is 92.0 Å². The minimum Gasteiger partial charge on any atom is -0.508 e. The predicted molar refractivity (Wildman–Crippen MR) is 87.3 cm³/mol. The number of aromatic hydroxyl groups is 1. The number of aromatic nitrogens is 5. The molecule has 0 aliphatic carbocycles. The molecule has 1 aromatic carbocycles. The van der Waals surface area contributed by atoms with E-state index in [1.807, 2.05) is 6.07 Å². The van der Waals surface area contributed by atoms with Crippen LogP contribution in [0.5, 0.6) is 5.75 Å². The molecule has 0 saturated carbocycles. The first-order valence-electron chi connectivity index (χ1n) is 7.48. The molecule has 0 aliphatic heterocycles. The Labute approximate surface area is 145 Å². The molecule has 0 unspecified atom stereocenters. The SMILES string of the molecule is N#Cc1cnc2ccc(-c3c(-c4ccc(O)cc4)ncn3C(F)F)nn12. The van der Waals surface area contributed by atoms with Crippen molar-refractivity contribution in [2.45, 2.75) is 6.55 Å². The Kier molecular flexibility index (Phi) is 3.58. The largest absolute Gasteiger partial charge is 0.508 e. The molecular formula is C17H10F2N6O. The van der Waals surface area contributed by atoms with Crippen molar-refractivity contribution in [2.24, 2.45) is 0 Å². The van der Waals surface area contributed by atoms with Gasteiger partial charge in [-0.2, -0.15) is 19.1 Å². The van der Waals surface area contributed by atoms with Gasteiger partial charge in [0, 0.05) is 5.56 Å². The van der Waals surface area contributed by atoms with Crippen LogP contribution in [0.3, 0.4) is 0 Å². The summed E-state index contributed by atoms with van der Waals surface area (Å²) in [4.78, 5) is 8.13. The van der Waals surface area contributed by atoms with E-state index < -0.39 is 6.55 Å². The number of fused-ring (bicyclic) bond motifs is 1. The number of nitrogens with zero attached hydrogens (tertiary/aromatic N) is 6. The molecule has 0 fully saturated rings. The van der Waals surface area contributed by atoms with Crippen LogP contribution in [0.4, 0.5) is 8.78 Å². The Morgan fingerprint density at radius 2 is 1.85 bits per heavy atom. The normalized spacial score (nSPS) is 11.2. The van der Waals surface area contributed by atoms with Crippen LogP contribution in [0.2, 0.25) is 0 Å². The Morgan fingerprint density at radius 3 is 2.54 bits per heavy atom. The van der Waals surface area contributed by atoms with Crippen molar-refractivity contribution in [2.75, 3.05) is 0 Å². The Balaban J connectivity index is 1.96. The minimum absolute atomic E-state index is 0.0558. The Bertz CT molecular complexity index is 1140. The third-order valence-electron chi connectivity index (χ3n) is 3.86. The number of benzene rings is 1. The van der Waals surface area contributed by atoms with E-state index >= 15 is 0 Å². The zero-order valence-electron chi connectivity index (χ0n) is 13.1. The van der Waals surface area contributed by atoms with E-state index in [2.05, 4.69) is 15.1 Å². The Morgan fingerprint density at radius 1 is 1.08 bits per heavy atom. The second-order valence-electron chi connectivity index (χ2n) is 5.42. The highest BCUT2D eigenvalue weighted by Gasteiger charge is 2.21. The second kappa shape index (κ2) is 5.93. The van der Waals surface area contributed by atoms with E-state index in [-0.39, 0.29) is 28.5 Å². The van der Waals surface area contributed by atoms with Gasteiger partial charge >= 0.3 is 6.55 Å². The summed E-state index contributed by atoms with van der Waals surface area (Å²) in [7, 11) is 0. The summed E-state index contributed by atoms with van der Waals surface area (Å²) in [6, 6.07) is 11.1. The summed E-state index contributed by atoms with van der Waals surface area (Å²) in [6.07, 6.45) is 2.39. The van der Waals surface area contributed by atoms with Gasteiger partial charge in [0.1, 0.15) is 29.5 Å². The summed E-state index contributed by atoms with van der Waals surface area (Å²) in [5.74, 6) is 0.0558. The molecule has 1 N–H and O–H groups in total. The maximum atomic E-state index is 13.5. The molecule has 7 nitrogen and oxygen atoms in total. The fourth-order valence-electron chi connectivity index (χ4n) is 2.67. The van der Waals surface area contributed by atoms with Crippen molar-refractivity contribution in [1.29, 1.82) is 5.26 Å². The lowest BCUT2D eigenvalue weighted by Gasteiger charge is -2.09. The van der Waals surface area contributed by atoms with Gasteiger partial charge in [0.25, 0.3) is 0 Å². The lowest BCUT2D eigenvalue weighted by molar-refractivity contribution is 0.0718. The number of rotatable bonds is 3. The van der Waals surface area contributed by atoms with Crippen LogP contribution in [0.1, 0.15) is 12.2 Å². The molecule has 0 bridgehead atoms. The molecule has 4 aromatic rings. The van der Waals surface area contributed by atoms with E-state index in [1.54, 1.807) is 24.3 Å². The van der Waals surface area contributed by atoms with Crippen LogP contribution in [0.15, 0.2) is 48.9 Å². The molecule has 4 rings (SSSR count). The average molecular weight is 352 g/mol. The van der Waals surface area contributed by atoms with Gasteiger partial charge in [-0.05, 0) is 36.4 Å². The van der Waals surface area contributed by atoms with Crippen molar-refractivity contribution in [3.63, 3.8) is 0 Å². The molecule has 128 valence electrons. The van der Waals surface area contributed by atoms with Crippen LogP contribution >= 0.6 is 0 Å². The van der Waals surface area contributed by atoms with E-state index in [1.165, 1.54) is 22.8 Å². The van der Waals surface area contributed by atoms with Crippen LogP contribution < -0.4 is 0 Å². The Hall–Kier alpha value is -3.80. The first kappa shape index (κ1) is 15.7. The number of phenols is 1. The van der Waals surface area contributed by atoms with Crippen LogP contribution in [0, 0.1) is 11.3 Å². The summed E-state index contributed by atoms with van der Waals surface area (Å²) >= 11 is 0. The highest BCUT2D eigenvalue weighted by atomic mass is 19.3. The summed E-state index contributed by atoms with van der Waals surface area (Å²) in [5, 5.41) is 22.9. The molecule has 26 heavy (non-hydrogen) atoms. The quantitative estimate of drug-likeness (QED) is 0.611. The molecule has 0 spiro atoms. The summed E-state index contributed by atoms with van der Waals surface area (Å²) < 4.78 is 29.0. The van der Waals surface area contributed by atoms with Gasteiger partial charge in [0.15, 0.2) is 11.3 Å². The van der Waals surface area contributed by atoms with Gasteiger partial charge in [-0.1, -0.05) is 0 Å². The van der Waals surface area contributed by atoms with Crippen molar-refractivity contribution in [3.8, 4) is 34.5 Å². The smallest absolute Gasteiger partial charge is 0.320 e. The monoisotopic (exact) mass is 352 g/mol. The number of hydrogen-bond acceptors (Lipinski definition) is 5. The number of imidazole rings is 2. The van der Waals surface area contributed by atoms with Gasteiger partial charge in [-0.15, -0.1) is 0 Å². The molecule has 0 radical (unpaired) electrons. The number of nitriles is 1. The second-order valence-corrected chi connectivity index (χ2v) is 5.42. The van der Waals surface area contributed by atoms with E-state index in [0.717, 1.165) is 6.33 Å². The number of halogens is 2. The van der Waals surface area contributed by atoms with Crippen molar-refractivity contribution in [1.82, 2.24) is 24.1 Å². The number of hydrogen-bond donors (Lipinski definition) is 1. The highest BCUT2D eigenvalue weighted by Crippen LogP contribution is 2.33. The zero-order valence-corrected chi connectivity index (χ0v) is 13.1. The first-order chi connectivity index (χ1) is 12.6. The number of phenolic OH excluding ortho intramolecular Hbond substituents is 1. The summed E-state index contributed by atoms with van der Waals surface area (Å²) in [6.45, 7) is -2.82. The van der Waals surface area contributed by atoms with Gasteiger partial charge < -0.3 is 5.11 Å². The van der Waals surface area contributed by atoms with Gasteiger partial charge in [-0.25, -0.2) is 14.5 Å². The molecule has 0 amide bonds. The van der Waals surface area contributed by atoms with Crippen LogP contribution in [-0.2, 0) is 0 Å². The number of alkyl halides is 2. The van der Waals surface area contributed by atoms with Gasteiger partial charge in [0.2, 0.25) is 0 Å². The van der Waals surface area contributed by atoms with Crippen LogP contribution in [-0.4, -0.2) is 29.3 Å². The highest BCUT2D eigenvalue weighted by molar-refractivity contribution is 5.77. The third-order valence-corrected chi connectivity index (χ3v) is 3.86. The average Bonchev–Trinajstić information content (AvgIpc) is 3.25. The van der Waals surface area contributed by atoms with E-state index in [9.17, 15) is 13.9 Å². The van der Waals surface area contributed by atoms with Gasteiger partial charge in [-0.3, -0.25) is 4.57 Å². The molecule has 0 atom stereocenters. The van der Waals surface area contributed by atoms with E-state index in [4.69, 9.17) is 5.26 Å². The van der Waals surface area contributed by atoms with Crippen molar-refractivity contribution in [3.05, 3.63) is 54.6 Å². The minimum atomic E-state index is -2.82. The van der Waals surface area contributed by atoms with Gasteiger partial charge in [0.05, 0.1) is 11.9 Å². The van der Waals surface area contributed by atoms with Crippen LogP contribution in [0.25, 0.3) is 28.3 Å². The maximum Gasteiger partial charge on any atom is 0.320 e. The summed E-state index contributed by atoms with van der Waals surface area (Å²) in [5.41, 5.74) is 1.77. The lowest BCUT2D eigenvalue weighted by Crippen LogP contribution is -2.03. The first-order valence-corrected chi connectivity index (χ1v) is 7.48. The molecular weight excluding hydrogens is 342 g/mol. The third kappa shape index (κ3) is 2.44.